The maximum Gasteiger partial charge on any atom is 0.331 e. The Morgan fingerprint density at radius 1 is 1.24 bits per heavy atom. The molecule has 0 atom stereocenters. The second kappa shape index (κ2) is 7.94. The van der Waals surface area contributed by atoms with Crippen LogP contribution in [0.2, 0.25) is 0 Å². The van der Waals surface area contributed by atoms with E-state index in [1.807, 2.05) is 24.3 Å². The highest BCUT2D eigenvalue weighted by molar-refractivity contribution is 9.10. The van der Waals surface area contributed by atoms with Crippen LogP contribution in [0.15, 0.2) is 56.1 Å². The topological polar surface area (TPSA) is 78.4 Å². The van der Waals surface area contributed by atoms with E-state index < -0.39 is 5.97 Å². The van der Waals surface area contributed by atoms with Crippen LogP contribution in [0, 0.1) is 0 Å². The second-order valence-electron chi connectivity index (χ2n) is 5.15. The van der Waals surface area contributed by atoms with Gasteiger partial charge in [0.2, 0.25) is 5.82 Å². The fourth-order valence-corrected chi connectivity index (χ4v) is 2.39. The van der Waals surface area contributed by atoms with Crippen LogP contribution in [0.25, 0.3) is 17.5 Å². The minimum absolute atomic E-state index is 0.0922. The van der Waals surface area contributed by atoms with Crippen molar-refractivity contribution in [1.29, 1.82) is 0 Å². The first-order chi connectivity index (χ1) is 12.1. The van der Waals surface area contributed by atoms with E-state index in [-0.39, 0.29) is 12.5 Å². The fraction of sp³-hybridized carbons (Fsp3) is 0.167. The Balaban J connectivity index is 1.55. The number of esters is 1. The number of furan rings is 1. The number of nitrogens with zero attached hydrogens (tertiary/aromatic N) is 2. The van der Waals surface area contributed by atoms with E-state index in [2.05, 4.69) is 33.0 Å². The quantitative estimate of drug-likeness (QED) is 0.448. The van der Waals surface area contributed by atoms with Crippen LogP contribution in [0.1, 0.15) is 24.1 Å². The zero-order valence-corrected chi connectivity index (χ0v) is 15.0. The lowest BCUT2D eigenvalue weighted by Crippen LogP contribution is -2.00. The van der Waals surface area contributed by atoms with Gasteiger partial charge in [0.25, 0.3) is 5.89 Å². The molecule has 0 amide bonds. The van der Waals surface area contributed by atoms with Gasteiger partial charge < -0.3 is 13.7 Å². The molecule has 6 nitrogen and oxygen atoms in total. The number of hydrogen-bond acceptors (Lipinski definition) is 6. The summed E-state index contributed by atoms with van der Waals surface area (Å²) in [6, 6.07) is 11.4. The fourth-order valence-electron chi connectivity index (χ4n) is 2.07. The molecule has 25 heavy (non-hydrogen) atoms. The Morgan fingerprint density at radius 2 is 2.04 bits per heavy atom. The molecule has 0 aliphatic heterocycles. The lowest BCUT2D eigenvalue weighted by atomic mass is 10.1. The van der Waals surface area contributed by atoms with Gasteiger partial charge in [-0.15, -0.1) is 0 Å². The van der Waals surface area contributed by atoms with Crippen molar-refractivity contribution in [3.8, 4) is 11.4 Å². The van der Waals surface area contributed by atoms with E-state index in [1.165, 1.54) is 17.7 Å². The summed E-state index contributed by atoms with van der Waals surface area (Å²) in [5.74, 6) is 0.709. The first-order valence-corrected chi connectivity index (χ1v) is 8.45. The predicted octanol–water partition coefficient (Wildman–Crippen LogP) is 4.41. The highest BCUT2D eigenvalue weighted by Crippen LogP contribution is 2.17. The van der Waals surface area contributed by atoms with Gasteiger partial charge in [-0.1, -0.05) is 36.3 Å². The summed E-state index contributed by atoms with van der Waals surface area (Å²) in [4.78, 5) is 15.9. The molecule has 2 heterocycles. The number of aryl methyl sites for hydroxylation is 1. The maximum absolute atomic E-state index is 11.7. The van der Waals surface area contributed by atoms with Crippen molar-refractivity contribution in [1.82, 2.24) is 10.1 Å². The highest BCUT2D eigenvalue weighted by Gasteiger charge is 2.10. The number of hydrogen-bond donors (Lipinski definition) is 0. The molecule has 128 valence electrons. The summed E-state index contributed by atoms with van der Waals surface area (Å²) < 4.78 is 16.0. The molecule has 1 aromatic carbocycles. The van der Waals surface area contributed by atoms with E-state index in [9.17, 15) is 4.79 Å². The second-order valence-corrected chi connectivity index (χ2v) is 5.93. The molecule has 0 aliphatic rings. The van der Waals surface area contributed by atoms with Gasteiger partial charge >= 0.3 is 5.97 Å². The lowest BCUT2D eigenvalue weighted by Gasteiger charge is -1.97. The third kappa shape index (κ3) is 4.67. The maximum atomic E-state index is 11.7. The number of rotatable bonds is 6. The molecule has 7 heteroatoms. The van der Waals surface area contributed by atoms with Gasteiger partial charge in [-0.25, -0.2) is 4.79 Å². The molecule has 3 aromatic rings. The van der Waals surface area contributed by atoms with Crippen molar-refractivity contribution in [2.24, 2.45) is 0 Å². The SMILES string of the molecule is CCc1ccc(-c2noc(COC(=O)/C=C/c3ccc(Br)o3)n2)cc1. The predicted molar refractivity (Wildman–Crippen MR) is 94.4 cm³/mol. The number of aromatic nitrogens is 2. The van der Waals surface area contributed by atoms with Gasteiger partial charge in [0.05, 0.1) is 0 Å². The Hall–Kier alpha value is -2.67. The van der Waals surface area contributed by atoms with Gasteiger partial charge in [0.15, 0.2) is 11.3 Å². The number of halogens is 1. The summed E-state index contributed by atoms with van der Waals surface area (Å²) in [5.41, 5.74) is 2.08. The first kappa shape index (κ1) is 17.2. The molecule has 0 bridgehead atoms. The smallest absolute Gasteiger partial charge is 0.331 e. The highest BCUT2D eigenvalue weighted by atomic mass is 79.9. The first-order valence-electron chi connectivity index (χ1n) is 7.66. The summed E-state index contributed by atoms with van der Waals surface area (Å²) in [6.45, 7) is 2.00. The molecule has 3 rings (SSSR count). The van der Waals surface area contributed by atoms with E-state index in [0.29, 0.717) is 16.3 Å². The number of carbonyl (C=O) groups is 1. The van der Waals surface area contributed by atoms with Gasteiger partial charge in [-0.2, -0.15) is 4.98 Å². The summed E-state index contributed by atoms with van der Waals surface area (Å²) in [7, 11) is 0. The molecule has 0 aliphatic carbocycles. The minimum atomic E-state index is -0.528. The molecule has 2 aromatic heterocycles. The average Bonchev–Trinajstić information content (AvgIpc) is 3.27. The van der Waals surface area contributed by atoms with Gasteiger partial charge in [0, 0.05) is 11.6 Å². The van der Waals surface area contributed by atoms with Crippen molar-refractivity contribution in [3.63, 3.8) is 0 Å². The number of benzene rings is 1. The van der Waals surface area contributed by atoms with Crippen LogP contribution in [-0.4, -0.2) is 16.1 Å². The zero-order chi connectivity index (χ0) is 17.6. The van der Waals surface area contributed by atoms with E-state index in [0.717, 1.165) is 12.0 Å². The van der Waals surface area contributed by atoms with E-state index in [4.69, 9.17) is 13.7 Å². The van der Waals surface area contributed by atoms with Gasteiger partial charge in [-0.05, 0) is 46.1 Å². The summed E-state index contributed by atoms with van der Waals surface area (Å²) >= 11 is 3.19. The Labute approximate surface area is 152 Å². The van der Waals surface area contributed by atoms with Crippen molar-refractivity contribution in [2.45, 2.75) is 20.0 Å². The van der Waals surface area contributed by atoms with Crippen LogP contribution in [-0.2, 0) is 22.6 Å². The summed E-state index contributed by atoms with van der Waals surface area (Å²) in [5, 5.41) is 3.90. The van der Waals surface area contributed by atoms with Crippen molar-refractivity contribution in [2.75, 3.05) is 0 Å². The van der Waals surface area contributed by atoms with Crippen LogP contribution in [0.4, 0.5) is 0 Å². The molecule has 0 N–H and O–H groups in total. The van der Waals surface area contributed by atoms with Crippen LogP contribution in [0.5, 0.6) is 0 Å². The van der Waals surface area contributed by atoms with Crippen LogP contribution in [0.3, 0.4) is 0 Å². The van der Waals surface area contributed by atoms with Crippen molar-refractivity contribution in [3.05, 3.63) is 64.4 Å². The molecular weight excluding hydrogens is 388 g/mol. The van der Waals surface area contributed by atoms with E-state index >= 15 is 0 Å². The number of carbonyl (C=O) groups excluding carboxylic acids is 1. The van der Waals surface area contributed by atoms with Crippen LogP contribution < -0.4 is 0 Å². The molecule has 0 spiro atoms. The zero-order valence-electron chi connectivity index (χ0n) is 13.4. The monoisotopic (exact) mass is 402 g/mol. The van der Waals surface area contributed by atoms with Gasteiger partial charge in [-0.3, -0.25) is 0 Å². The third-order valence-corrected chi connectivity index (χ3v) is 3.83. The molecule has 0 saturated heterocycles. The Morgan fingerprint density at radius 3 is 2.72 bits per heavy atom. The normalized spacial score (nSPS) is 11.1. The van der Waals surface area contributed by atoms with Crippen molar-refractivity contribution >= 4 is 28.0 Å². The van der Waals surface area contributed by atoms with Crippen LogP contribution >= 0.6 is 15.9 Å². The van der Waals surface area contributed by atoms with Gasteiger partial charge in [0.1, 0.15) is 5.76 Å². The lowest BCUT2D eigenvalue weighted by molar-refractivity contribution is -0.139. The van der Waals surface area contributed by atoms with Crippen molar-refractivity contribution < 1.29 is 18.5 Å². The average molecular weight is 403 g/mol. The Kier molecular flexibility index (Phi) is 5.45. The summed E-state index contributed by atoms with van der Waals surface area (Å²) in [6.07, 6.45) is 3.75. The standard InChI is InChI=1S/C18H15BrN2O4/c1-2-12-3-5-13(6-4-12)18-20-16(25-21-18)11-23-17(22)10-8-14-7-9-15(19)24-14/h3-10H,2,11H2,1H3/b10-8+. The molecule has 0 saturated carbocycles. The largest absolute Gasteiger partial charge is 0.452 e. The Bertz CT molecular complexity index is 881. The molecular formula is C18H15BrN2O4. The number of ether oxygens (including phenoxy) is 1. The minimum Gasteiger partial charge on any atom is -0.452 e. The molecule has 0 fully saturated rings. The molecule has 0 radical (unpaired) electrons. The van der Waals surface area contributed by atoms with E-state index in [1.54, 1.807) is 12.1 Å². The molecule has 0 unspecified atom stereocenters. The third-order valence-electron chi connectivity index (χ3n) is 3.40.